The van der Waals surface area contributed by atoms with Crippen molar-refractivity contribution in [3.8, 4) is 5.75 Å². The molecule has 2 heterocycles. The number of nitrogens with two attached hydrogens (primary N) is 1. The fraction of sp³-hybridized carbons (Fsp3) is 0.222. The highest BCUT2D eigenvalue weighted by Crippen LogP contribution is 2.29. The van der Waals surface area contributed by atoms with Gasteiger partial charge in [0.05, 0.1) is 17.6 Å². The van der Waals surface area contributed by atoms with Crippen molar-refractivity contribution in [3.63, 3.8) is 0 Å². The second-order valence-corrected chi connectivity index (χ2v) is 3.20. The van der Waals surface area contributed by atoms with Gasteiger partial charge < -0.3 is 15.5 Å². The minimum Gasteiger partial charge on any atom is -0.493 e. The molecule has 0 fully saturated rings. The molecule has 0 aliphatic carbocycles. The molecule has 66 valence electrons. The number of nitrogens with zero attached hydrogens (tertiary/aromatic N) is 1. The highest BCUT2D eigenvalue weighted by Gasteiger charge is 2.14. The highest BCUT2D eigenvalue weighted by atomic mass is 16.5. The molecule has 2 aromatic rings. The molecule has 0 radical (unpaired) electrons. The predicted octanol–water partition coefficient (Wildman–Crippen LogP) is 1.08. The van der Waals surface area contributed by atoms with Gasteiger partial charge in [-0.2, -0.15) is 0 Å². The van der Waals surface area contributed by atoms with Crippen molar-refractivity contribution in [2.45, 2.75) is 6.42 Å². The summed E-state index contributed by atoms with van der Waals surface area (Å²) >= 11 is 0. The number of rotatable bonds is 0. The van der Waals surface area contributed by atoms with Crippen LogP contribution in [0.2, 0.25) is 0 Å². The molecule has 13 heavy (non-hydrogen) atoms. The number of anilines is 1. The standard InChI is InChI=1S/C9H9N3O/c10-9-11-6-3-5-1-2-13-8(5)4-7(6)12-9/h3-4H,1-2H2,(H3,10,11,12). The molecule has 0 unspecified atom stereocenters. The summed E-state index contributed by atoms with van der Waals surface area (Å²) in [7, 11) is 0. The third kappa shape index (κ3) is 0.884. The molecule has 0 saturated heterocycles. The lowest BCUT2D eigenvalue weighted by Gasteiger charge is -1.96. The topological polar surface area (TPSA) is 63.9 Å². The first kappa shape index (κ1) is 6.77. The van der Waals surface area contributed by atoms with Crippen LogP contribution in [0.15, 0.2) is 12.1 Å². The van der Waals surface area contributed by atoms with Crippen LogP contribution in [-0.4, -0.2) is 16.6 Å². The van der Waals surface area contributed by atoms with Crippen molar-refractivity contribution >= 4 is 17.0 Å². The van der Waals surface area contributed by atoms with E-state index in [-0.39, 0.29) is 0 Å². The largest absolute Gasteiger partial charge is 0.493 e. The first-order chi connectivity index (χ1) is 6.33. The lowest BCUT2D eigenvalue weighted by atomic mass is 10.1. The van der Waals surface area contributed by atoms with Crippen LogP contribution in [-0.2, 0) is 6.42 Å². The van der Waals surface area contributed by atoms with Gasteiger partial charge in [-0.1, -0.05) is 0 Å². The number of nitrogen functional groups attached to an aromatic ring is 1. The van der Waals surface area contributed by atoms with Gasteiger partial charge in [0.2, 0.25) is 0 Å². The lowest BCUT2D eigenvalue weighted by molar-refractivity contribution is 0.357. The first-order valence-corrected chi connectivity index (χ1v) is 4.24. The predicted molar refractivity (Wildman–Crippen MR) is 49.7 cm³/mol. The van der Waals surface area contributed by atoms with Gasteiger partial charge in [0.25, 0.3) is 0 Å². The van der Waals surface area contributed by atoms with Crippen LogP contribution in [0.4, 0.5) is 5.95 Å². The first-order valence-electron chi connectivity index (χ1n) is 4.24. The van der Waals surface area contributed by atoms with Crippen LogP contribution in [0.25, 0.3) is 11.0 Å². The Balaban J connectivity index is 2.35. The lowest BCUT2D eigenvalue weighted by Crippen LogP contribution is -1.86. The Kier molecular flexibility index (Phi) is 1.12. The summed E-state index contributed by atoms with van der Waals surface area (Å²) in [6.07, 6.45) is 0.976. The Hall–Kier alpha value is -1.71. The van der Waals surface area contributed by atoms with Crippen LogP contribution >= 0.6 is 0 Å². The molecule has 1 aliphatic rings. The number of H-pyrrole nitrogens is 1. The second kappa shape index (κ2) is 2.16. The zero-order valence-electron chi connectivity index (χ0n) is 7.00. The molecule has 4 nitrogen and oxygen atoms in total. The van der Waals surface area contributed by atoms with Crippen molar-refractivity contribution < 1.29 is 4.74 Å². The van der Waals surface area contributed by atoms with E-state index in [1.165, 1.54) is 5.56 Å². The molecule has 0 bridgehead atoms. The molecule has 0 atom stereocenters. The smallest absolute Gasteiger partial charge is 0.198 e. The number of fused-ring (bicyclic) bond motifs is 2. The zero-order chi connectivity index (χ0) is 8.84. The zero-order valence-corrected chi connectivity index (χ0v) is 7.00. The Morgan fingerprint density at radius 2 is 2.38 bits per heavy atom. The second-order valence-electron chi connectivity index (χ2n) is 3.20. The Morgan fingerprint density at radius 3 is 3.31 bits per heavy atom. The van der Waals surface area contributed by atoms with Crippen molar-refractivity contribution in [2.24, 2.45) is 0 Å². The van der Waals surface area contributed by atoms with Gasteiger partial charge in [-0.15, -0.1) is 0 Å². The number of benzene rings is 1. The molecular weight excluding hydrogens is 166 g/mol. The Bertz CT molecular complexity index is 434. The van der Waals surface area contributed by atoms with E-state index in [1.54, 1.807) is 0 Å². The summed E-state index contributed by atoms with van der Waals surface area (Å²) < 4.78 is 5.42. The average molecular weight is 175 g/mol. The van der Waals surface area contributed by atoms with Crippen molar-refractivity contribution in [1.29, 1.82) is 0 Å². The van der Waals surface area contributed by atoms with Crippen LogP contribution in [0.3, 0.4) is 0 Å². The van der Waals surface area contributed by atoms with E-state index >= 15 is 0 Å². The molecule has 0 saturated carbocycles. The molecule has 1 aromatic heterocycles. The van der Waals surface area contributed by atoms with Gasteiger partial charge in [0.1, 0.15) is 5.75 Å². The van der Waals surface area contributed by atoms with Crippen LogP contribution < -0.4 is 10.5 Å². The quantitative estimate of drug-likeness (QED) is 0.629. The number of ether oxygens (including phenoxy) is 1. The van der Waals surface area contributed by atoms with Crippen molar-refractivity contribution in [2.75, 3.05) is 12.3 Å². The number of imidazole rings is 1. The highest BCUT2D eigenvalue weighted by molar-refractivity contribution is 5.80. The summed E-state index contributed by atoms with van der Waals surface area (Å²) in [5.74, 6) is 1.40. The number of nitrogens with one attached hydrogen (secondary N) is 1. The monoisotopic (exact) mass is 175 g/mol. The maximum atomic E-state index is 5.54. The van der Waals surface area contributed by atoms with Crippen LogP contribution in [0.1, 0.15) is 5.56 Å². The van der Waals surface area contributed by atoms with Crippen molar-refractivity contribution in [1.82, 2.24) is 9.97 Å². The van der Waals surface area contributed by atoms with Gasteiger partial charge in [0, 0.05) is 12.5 Å². The van der Waals surface area contributed by atoms with E-state index < -0.39 is 0 Å². The fourth-order valence-electron chi connectivity index (χ4n) is 1.70. The molecule has 3 N–H and O–H groups in total. The molecule has 0 amide bonds. The summed E-state index contributed by atoms with van der Waals surface area (Å²) in [6.45, 7) is 0.775. The minimum absolute atomic E-state index is 0.457. The van der Waals surface area contributed by atoms with E-state index in [0.717, 1.165) is 29.8 Å². The summed E-state index contributed by atoms with van der Waals surface area (Å²) in [6, 6.07) is 3.99. The fourth-order valence-corrected chi connectivity index (χ4v) is 1.70. The van der Waals surface area contributed by atoms with Gasteiger partial charge in [-0.3, -0.25) is 0 Å². The Labute approximate surface area is 74.7 Å². The number of hydrogen-bond acceptors (Lipinski definition) is 3. The number of aromatic nitrogens is 2. The average Bonchev–Trinajstić information content (AvgIpc) is 2.63. The third-order valence-electron chi connectivity index (χ3n) is 2.31. The van der Waals surface area contributed by atoms with E-state index in [1.807, 2.05) is 6.07 Å². The van der Waals surface area contributed by atoms with E-state index in [0.29, 0.717) is 5.95 Å². The Morgan fingerprint density at radius 1 is 1.46 bits per heavy atom. The normalized spacial score (nSPS) is 14.5. The molecule has 4 heteroatoms. The van der Waals surface area contributed by atoms with Gasteiger partial charge >= 0.3 is 0 Å². The van der Waals surface area contributed by atoms with E-state index in [4.69, 9.17) is 10.5 Å². The third-order valence-corrected chi connectivity index (χ3v) is 2.31. The molecule has 0 spiro atoms. The summed E-state index contributed by atoms with van der Waals surface area (Å²) in [4.78, 5) is 7.13. The molecular formula is C9H9N3O. The van der Waals surface area contributed by atoms with Gasteiger partial charge in [-0.25, -0.2) is 4.98 Å². The molecule has 3 rings (SSSR count). The summed E-state index contributed by atoms with van der Waals surface area (Å²) in [5.41, 5.74) is 8.64. The van der Waals surface area contributed by atoms with Crippen molar-refractivity contribution in [3.05, 3.63) is 17.7 Å². The number of hydrogen-bond donors (Lipinski definition) is 2. The summed E-state index contributed by atoms with van der Waals surface area (Å²) in [5, 5.41) is 0. The molecule has 1 aromatic carbocycles. The van der Waals surface area contributed by atoms with Crippen LogP contribution in [0.5, 0.6) is 5.75 Å². The number of aromatic amines is 1. The molecule has 1 aliphatic heterocycles. The van der Waals surface area contributed by atoms with Gasteiger partial charge in [-0.05, 0) is 11.6 Å². The van der Waals surface area contributed by atoms with E-state index in [9.17, 15) is 0 Å². The SMILES string of the molecule is Nc1nc2cc3c(cc2[nH]1)CCO3. The van der Waals surface area contributed by atoms with E-state index in [2.05, 4.69) is 16.0 Å². The maximum absolute atomic E-state index is 5.54. The minimum atomic E-state index is 0.457. The van der Waals surface area contributed by atoms with Crippen LogP contribution in [0, 0.1) is 0 Å². The maximum Gasteiger partial charge on any atom is 0.198 e. The van der Waals surface area contributed by atoms with Gasteiger partial charge in [0.15, 0.2) is 5.95 Å².